The van der Waals surface area contributed by atoms with Crippen molar-refractivity contribution < 1.29 is 13.9 Å². The summed E-state index contributed by atoms with van der Waals surface area (Å²) in [5, 5.41) is 0.708. The molecule has 2 aromatic heterocycles. The van der Waals surface area contributed by atoms with Crippen LogP contribution in [0.25, 0.3) is 11.0 Å². The van der Waals surface area contributed by atoms with Gasteiger partial charge in [0.15, 0.2) is 11.6 Å². The van der Waals surface area contributed by atoms with E-state index < -0.39 is 11.9 Å². The van der Waals surface area contributed by atoms with Gasteiger partial charge < -0.3 is 20.4 Å². The summed E-state index contributed by atoms with van der Waals surface area (Å²) < 4.78 is 20.5. The van der Waals surface area contributed by atoms with E-state index in [2.05, 4.69) is 40.7 Å². The summed E-state index contributed by atoms with van der Waals surface area (Å²) in [7, 11) is 2.06. The van der Waals surface area contributed by atoms with Crippen LogP contribution >= 0.6 is 0 Å². The van der Waals surface area contributed by atoms with Gasteiger partial charge in [0.05, 0.1) is 11.4 Å². The maximum atomic E-state index is 14.8. The molecular weight excluding hydrogens is 411 g/mol. The van der Waals surface area contributed by atoms with Crippen molar-refractivity contribution in [1.29, 1.82) is 0 Å². The van der Waals surface area contributed by atoms with Crippen LogP contribution in [0.4, 0.5) is 4.39 Å². The van der Waals surface area contributed by atoms with E-state index in [0.29, 0.717) is 29.7 Å². The molecule has 1 fully saturated rings. The number of hydrogen-bond acceptors (Lipinski definition) is 6. The number of aromatic amines is 1. The van der Waals surface area contributed by atoms with Crippen molar-refractivity contribution in [2.45, 2.75) is 45.3 Å². The summed E-state index contributed by atoms with van der Waals surface area (Å²) >= 11 is 0. The third kappa shape index (κ3) is 4.31. The van der Waals surface area contributed by atoms with Gasteiger partial charge >= 0.3 is 0 Å². The first-order valence-electron chi connectivity index (χ1n) is 10.8. The molecular formula is C23H29FN6O2. The number of ether oxygens (including phenoxy) is 1. The number of benzene rings is 1. The molecule has 0 radical (unpaired) electrons. The Kier molecular flexibility index (Phi) is 6.12. The predicted octanol–water partition coefficient (Wildman–Crippen LogP) is 2.62. The summed E-state index contributed by atoms with van der Waals surface area (Å²) in [6.07, 6.45) is 3.41. The lowest BCUT2D eigenvalue weighted by Crippen LogP contribution is -2.59. The van der Waals surface area contributed by atoms with Crippen molar-refractivity contribution >= 4 is 16.9 Å². The number of aromatic nitrogens is 3. The fourth-order valence-corrected chi connectivity index (χ4v) is 4.18. The van der Waals surface area contributed by atoms with Crippen molar-refractivity contribution in [2.24, 2.45) is 5.73 Å². The third-order valence-electron chi connectivity index (χ3n) is 6.28. The van der Waals surface area contributed by atoms with E-state index in [4.69, 9.17) is 10.5 Å². The Morgan fingerprint density at radius 2 is 2.03 bits per heavy atom. The van der Waals surface area contributed by atoms with Gasteiger partial charge in [0.1, 0.15) is 12.0 Å². The first kappa shape index (κ1) is 22.2. The normalized spacial score (nSPS) is 20.5. The number of hydrogen-bond donors (Lipinski definition) is 2. The smallest absolute Gasteiger partial charge is 0.239 e. The zero-order chi connectivity index (χ0) is 23.0. The summed E-state index contributed by atoms with van der Waals surface area (Å²) in [6.45, 7) is 7.36. The Morgan fingerprint density at radius 3 is 2.72 bits per heavy atom. The van der Waals surface area contributed by atoms with Crippen LogP contribution in [0.2, 0.25) is 0 Å². The maximum Gasteiger partial charge on any atom is 0.239 e. The fourth-order valence-electron chi connectivity index (χ4n) is 4.18. The standard InChI is InChI=1S/C23H29FN6O2/c1-13-9-26-21-20(13)22(28-12-27-21)32-19-6-5-16(7-17(19)24)8-18(25)23(31)30-10-14(2)29(4)15(3)11-30/h5-7,9,12,14-15,18H,8,10-11,25H2,1-4H3,(H,26,27,28)/t14-,15+,18-/m0/s1. The zero-order valence-corrected chi connectivity index (χ0v) is 18.8. The monoisotopic (exact) mass is 440 g/mol. The van der Waals surface area contributed by atoms with Gasteiger partial charge in [-0.3, -0.25) is 9.69 Å². The molecule has 0 saturated carbocycles. The van der Waals surface area contributed by atoms with Crippen LogP contribution in [-0.2, 0) is 11.2 Å². The van der Waals surface area contributed by atoms with Crippen LogP contribution in [0.15, 0.2) is 30.7 Å². The van der Waals surface area contributed by atoms with Crippen molar-refractivity contribution in [3.8, 4) is 11.6 Å². The van der Waals surface area contributed by atoms with Crippen molar-refractivity contribution in [1.82, 2.24) is 24.8 Å². The Bertz CT molecular complexity index is 1120. The van der Waals surface area contributed by atoms with E-state index in [1.165, 1.54) is 18.5 Å². The van der Waals surface area contributed by atoms with Crippen molar-refractivity contribution in [2.75, 3.05) is 20.1 Å². The molecule has 8 nitrogen and oxygen atoms in total. The number of H-pyrrole nitrogens is 1. The van der Waals surface area contributed by atoms with Crippen LogP contribution in [0.5, 0.6) is 11.6 Å². The maximum absolute atomic E-state index is 14.8. The second-order valence-electron chi connectivity index (χ2n) is 8.66. The highest BCUT2D eigenvalue weighted by molar-refractivity contribution is 5.84. The van der Waals surface area contributed by atoms with Gasteiger partial charge in [-0.1, -0.05) is 6.07 Å². The number of aryl methyl sites for hydroxylation is 1. The number of nitrogens with zero attached hydrogens (tertiary/aromatic N) is 4. The Labute approximate surface area is 186 Å². The van der Waals surface area contributed by atoms with E-state index in [1.807, 2.05) is 11.8 Å². The van der Waals surface area contributed by atoms with Gasteiger partial charge in [0.25, 0.3) is 0 Å². The number of carbonyl (C=O) groups excluding carboxylic acids is 1. The lowest BCUT2D eigenvalue weighted by molar-refractivity contribution is -0.136. The van der Waals surface area contributed by atoms with E-state index in [9.17, 15) is 9.18 Å². The SMILES string of the molecule is Cc1c[nH]c2ncnc(Oc3ccc(C[C@H](N)C(=O)N4C[C@@H](C)N(C)[C@@H](C)C4)cc3F)c12. The average Bonchev–Trinajstić information content (AvgIpc) is 3.14. The van der Waals surface area contributed by atoms with Crippen LogP contribution in [0, 0.1) is 12.7 Å². The van der Waals surface area contributed by atoms with Gasteiger partial charge in [0.2, 0.25) is 11.8 Å². The minimum absolute atomic E-state index is 0.0518. The molecule has 32 heavy (non-hydrogen) atoms. The number of nitrogens with two attached hydrogens (primary N) is 1. The molecule has 1 aliphatic rings. The highest BCUT2D eigenvalue weighted by atomic mass is 19.1. The van der Waals surface area contributed by atoms with Crippen molar-refractivity contribution in [3.63, 3.8) is 0 Å². The highest BCUT2D eigenvalue weighted by Gasteiger charge is 2.31. The number of halogens is 1. The summed E-state index contributed by atoms with van der Waals surface area (Å²) in [4.78, 5) is 28.3. The lowest BCUT2D eigenvalue weighted by Gasteiger charge is -2.43. The van der Waals surface area contributed by atoms with Crippen LogP contribution in [0.3, 0.4) is 0 Å². The number of carbonyl (C=O) groups is 1. The topological polar surface area (TPSA) is 100 Å². The number of nitrogens with one attached hydrogen (secondary N) is 1. The van der Waals surface area contributed by atoms with E-state index in [1.54, 1.807) is 12.3 Å². The number of piperazine rings is 1. The molecule has 3 aromatic rings. The molecule has 170 valence electrons. The molecule has 1 aromatic carbocycles. The molecule has 3 N–H and O–H groups in total. The van der Waals surface area contributed by atoms with E-state index in [-0.39, 0.29) is 36.0 Å². The molecule has 0 aliphatic carbocycles. The summed E-state index contributed by atoms with van der Waals surface area (Å²) in [6, 6.07) is 4.43. The minimum atomic E-state index is -0.729. The van der Waals surface area contributed by atoms with Gasteiger partial charge in [-0.25, -0.2) is 14.4 Å². The van der Waals surface area contributed by atoms with E-state index in [0.717, 1.165) is 5.56 Å². The molecule has 3 heterocycles. The predicted molar refractivity (Wildman–Crippen MR) is 120 cm³/mol. The van der Waals surface area contributed by atoms with Gasteiger partial charge in [-0.05, 0) is 57.5 Å². The van der Waals surface area contributed by atoms with Gasteiger partial charge in [-0.2, -0.15) is 0 Å². The zero-order valence-electron chi connectivity index (χ0n) is 18.8. The first-order valence-corrected chi connectivity index (χ1v) is 10.8. The molecule has 1 aliphatic heterocycles. The van der Waals surface area contributed by atoms with Gasteiger partial charge in [-0.15, -0.1) is 0 Å². The van der Waals surface area contributed by atoms with Crippen LogP contribution in [0.1, 0.15) is 25.0 Å². The molecule has 4 rings (SSSR count). The number of fused-ring (bicyclic) bond motifs is 1. The quantitative estimate of drug-likeness (QED) is 0.633. The molecule has 3 atom stereocenters. The second kappa shape index (κ2) is 8.84. The molecule has 1 saturated heterocycles. The molecule has 9 heteroatoms. The third-order valence-corrected chi connectivity index (χ3v) is 6.28. The minimum Gasteiger partial charge on any atom is -0.435 e. The Morgan fingerprint density at radius 1 is 1.31 bits per heavy atom. The first-order chi connectivity index (χ1) is 15.2. The number of likely N-dealkylation sites (N-methyl/N-ethyl adjacent to an activating group) is 1. The number of rotatable bonds is 5. The number of amides is 1. The van der Waals surface area contributed by atoms with Gasteiger partial charge in [0, 0.05) is 31.4 Å². The van der Waals surface area contributed by atoms with Crippen LogP contribution in [-0.4, -0.2) is 68.9 Å². The largest absolute Gasteiger partial charge is 0.435 e. The van der Waals surface area contributed by atoms with Crippen LogP contribution < -0.4 is 10.5 Å². The average molecular weight is 441 g/mol. The fraction of sp³-hybridized carbons (Fsp3) is 0.435. The Hall–Kier alpha value is -3.04. The lowest BCUT2D eigenvalue weighted by atomic mass is 10.0. The Balaban J connectivity index is 1.45. The molecule has 0 bridgehead atoms. The molecule has 1 amide bonds. The molecule has 0 spiro atoms. The second-order valence-corrected chi connectivity index (χ2v) is 8.66. The summed E-state index contributed by atoms with van der Waals surface area (Å²) in [5.74, 6) is -0.311. The van der Waals surface area contributed by atoms with E-state index >= 15 is 0 Å². The summed E-state index contributed by atoms with van der Waals surface area (Å²) in [5.41, 5.74) is 8.37. The highest BCUT2D eigenvalue weighted by Crippen LogP contribution is 2.30. The molecule has 0 unspecified atom stereocenters. The van der Waals surface area contributed by atoms with Crippen molar-refractivity contribution in [3.05, 3.63) is 47.7 Å².